The van der Waals surface area contributed by atoms with Crippen molar-refractivity contribution >= 4 is 11.8 Å². The van der Waals surface area contributed by atoms with Crippen LogP contribution in [0.5, 0.6) is 5.75 Å². The van der Waals surface area contributed by atoms with Gasteiger partial charge in [0.25, 0.3) is 5.91 Å². The van der Waals surface area contributed by atoms with E-state index in [4.69, 9.17) is 9.15 Å². The van der Waals surface area contributed by atoms with Gasteiger partial charge in [-0.3, -0.25) is 14.9 Å². The van der Waals surface area contributed by atoms with E-state index in [1.807, 2.05) is 31.2 Å². The fourth-order valence-corrected chi connectivity index (χ4v) is 2.24. The number of hydrogen-bond acceptors (Lipinski definition) is 5. The van der Waals surface area contributed by atoms with Crippen molar-refractivity contribution in [3.05, 3.63) is 57.8 Å². The van der Waals surface area contributed by atoms with Gasteiger partial charge in [0.15, 0.2) is 5.76 Å². The summed E-state index contributed by atoms with van der Waals surface area (Å²) in [6.07, 6.45) is 0.592. The molecule has 2 aromatic rings. The molecule has 0 fully saturated rings. The third-order valence-corrected chi connectivity index (χ3v) is 3.67. The number of furan rings is 1. The molecule has 7 heteroatoms. The third kappa shape index (κ3) is 3.68. The van der Waals surface area contributed by atoms with Gasteiger partial charge in [-0.1, -0.05) is 18.2 Å². The van der Waals surface area contributed by atoms with Crippen LogP contribution in [0.2, 0.25) is 0 Å². The van der Waals surface area contributed by atoms with Crippen LogP contribution >= 0.6 is 0 Å². The number of rotatable bonds is 6. The van der Waals surface area contributed by atoms with Crippen LogP contribution in [-0.4, -0.2) is 35.9 Å². The highest BCUT2D eigenvalue weighted by atomic mass is 16.6. The van der Waals surface area contributed by atoms with Gasteiger partial charge in [0.1, 0.15) is 10.7 Å². The first kappa shape index (κ1) is 16.5. The Morgan fingerprint density at radius 3 is 2.65 bits per heavy atom. The molecule has 1 heterocycles. The molecule has 0 aliphatic carbocycles. The lowest BCUT2D eigenvalue weighted by Crippen LogP contribution is -2.36. The summed E-state index contributed by atoms with van der Waals surface area (Å²) in [6, 6.07) is 9.93. The lowest BCUT2D eigenvalue weighted by molar-refractivity contribution is -0.402. The highest BCUT2D eigenvalue weighted by molar-refractivity contribution is 5.91. The van der Waals surface area contributed by atoms with Gasteiger partial charge in [-0.15, -0.1) is 0 Å². The number of carbonyl (C=O) groups excluding carboxylic acids is 1. The van der Waals surface area contributed by atoms with Crippen molar-refractivity contribution in [2.24, 2.45) is 0 Å². The highest BCUT2D eigenvalue weighted by Gasteiger charge is 2.24. The van der Waals surface area contributed by atoms with E-state index in [0.29, 0.717) is 6.42 Å². The lowest BCUT2D eigenvalue weighted by atomic mass is 10.0. The molecule has 1 aromatic heterocycles. The molecule has 0 saturated carbocycles. The fraction of sp³-hybridized carbons (Fsp3) is 0.312. The van der Waals surface area contributed by atoms with Crippen LogP contribution in [-0.2, 0) is 6.42 Å². The van der Waals surface area contributed by atoms with E-state index >= 15 is 0 Å². The van der Waals surface area contributed by atoms with Crippen LogP contribution in [0.3, 0.4) is 0 Å². The van der Waals surface area contributed by atoms with E-state index in [9.17, 15) is 14.9 Å². The number of hydrogen-bond donors (Lipinski definition) is 0. The maximum absolute atomic E-state index is 12.3. The fourth-order valence-electron chi connectivity index (χ4n) is 2.24. The SMILES string of the molecule is COc1ccccc1C[C@@H](C)N(C)C(=O)c1ccc([N+](=O)[O-])o1. The van der Waals surface area contributed by atoms with Gasteiger partial charge in [-0.25, -0.2) is 0 Å². The quantitative estimate of drug-likeness (QED) is 0.604. The van der Waals surface area contributed by atoms with Crippen LogP contribution in [0, 0.1) is 10.1 Å². The number of benzene rings is 1. The molecule has 0 unspecified atom stereocenters. The summed E-state index contributed by atoms with van der Waals surface area (Å²) in [6.45, 7) is 1.89. The standard InChI is InChI=1S/C16H18N2O5/c1-11(10-12-6-4-5-7-13(12)22-3)17(2)16(19)14-8-9-15(23-14)18(20)21/h4-9,11H,10H2,1-3H3/t11-/m1/s1. The van der Waals surface area contributed by atoms with Crippen LogP contribution in [0.1, 0.15) is 23.0 Å². The molecule has 122 valence electrons. The molecule has 1 atom stereocenters. The second kappa shape index (κ2) is 6.95. The second-order valence-corrected chi connectivity index (χ2v) is 5.18. The summed E-state index contributed by atoms with van der Waals surface area (Å²) >= 11 is 0. The average Bonchev–Trinajstić information content (AvgIpc) is 3.04. The summed E-state index contributed by atoms with van der Waals surface area (Å²) in [5.41, 5.74) is 0.979. The number of likely N-dealkylation sites (N-methyl/N-ethyl adjacent to an activating group) is 1. The molecule has 0 radical (unpaired) electrons. The number of nitrogens with zero attached hydrogens (tertiary/aromatic N) is 2. The van der Waals surface area contributed by atoms with Gasteiger partial charge < -0.3 is 14.1 Å². The van der Waals surface area contributed by atoms with Crippen molar-refractivity contribution in [2.45, 2.75) is 19.4 Å². The summed E-state index contributed by atoms with van der Waals surface area (Å²) in [7, 11) is 3.23. The number of carbonyl (C=O) groups is 1. The summed E-state index contributed by atoms with van der Waals surface area (Å²) in [5.74, 6) is -0.139. The number of nitro groups is 1. The Kier molecular flexibility index (Phi) is 5.00. The first-order valence-electron chi connectivity index (χ1n) is 7.07. The van der Waals surface area contributed by atoms with Crippen molar-refractivity contribution in [3.8, 4) is 5.75 Å². The van der Waals surface area contributed by atoms with Crippen molar-refractivity contribution in [3.63, 3.8) is 0 Å². The predicted octanol–water partition coefficient (Wildman–Crippen LogP) is 2.90. The Balaban J connectivity index is 2.10. The van der Waals surface area contributed by atoms with E-state index in [-0.39, 0.29) is 11.8 Å². The monoisotopic (exact) mass is 318 g/mol. The van der Waals surface area contributed by atoms with Gasteiger partial charge in [0, 0.05) is 13.1 Å². The maximum Gasteiger partial charge on any atom is 0.433 e. The summed E-state index contributed by atoms with van der Waals surface area (Å²) < 4.78 is 10.3. The lowest BCUT2D eigenvalue weighted by Gasteiger charge is -2.24. The molecule has 1 amide bonds. The smallest absolute Gasteiger partial charge is 0.433 e. The van der Waals surface area contributed by atoms with E-state index in [2.05, 4.69) is 0 Å². The largest absolute Gasteiger partial charge is 0.496 e. The van der Waals surface area contributed by atoms with Crippen molar-refractivity contribution in [2.75, 3.05) is 14.2 Å². The van der Waals surface area contributed by atoms with E-state index in [0.717, 1.165) is 11.3 Å². The number of para-hydroxylation sites is 1. The average molecular weight is 318 g/mol. The Bertz CT molecular complexity index is 710. The van der Waals surface area contributed by atoms with Crippen LogP contribution < -0.4 is 4.74 Å². The second-order valence-electron chi connectivity index (χ2n) is 5.18. The molecule has 7 nitrogen and oxygen atoms in total. The summed E-state index contributed by atoms with van der Waals surface area (Å²) in [4.78, 5) is 23.8. The van der Waals surface area contributed by atoms with Gasteiger partial charge in [0.2, 0.25) is 0 Å². The maximum atomic E-state index is 12.3. The first-order chi connectivity index (χ1) is 10.9. The zero-order valence-electron chi connectivity index (χ0n) is 13.2. The normalized spacial score (nSPS) is 11.8. The van der Waals surface area contributed by atoms with E-state index < -0.39 is 16.7 Å². The van der Waals surface area contributed by atoms with Crippen molar-refractivity contribution < 1.29 is 18.9 Å². The Morgan fingerprint density at radius 1 is 1.35 bits per heavy atom. The summed E-state index contributed by atoms with van der Waals surface area (Å²) in [5, 5.41) is 10.6. The zero-order valence-corrected chi connectivity index (χ0v) is 13.2. The Morgan fingerprint density at radius 2 is 2.04 bits per heavy atom. The number of amides is 1. The molecule has 23 heavy (non-hydrogen) atoms. The number of methoxy groups -OCH3 is 1. The molecule has 2 rings (SSSR count). The molecule has 0 spiro atoms. The molecular formula is C16H18N2O5. The molecular weight excluding hydrogens is 300 g/mol. The Labute approximate surface area is 133 Å². The topological polar surface area (TPSA) is 85.8 Å². The molecule has 0 aliphatic heterocycles. The molecule has 1 aromatic carbocycles. The first-order valence-corrected chi connectivity index (χ1v) is 7.07. The minimum absolute atomic E-state index is 0.0499. The van der Waals surface area contributed by atoms with Crippen LogP contribution in [0.15, 0.2) is 40.8 Å². The van der Waals surface area contributed by atoms with Crippen molar-refractivity contribution in [1.82, 2.24) is 4.90 Å². The molecule has 0 saturated heterocycles. The minimum atomic E-state index is -0.672. The van der Waals surface area contributed by atoms with Gasteiger partial charge >= 0.3 is 5.88 Å². The van der Waals surface area contributed by atoms with Gasteiger partial charge in [-0.2, -0.15) is 0 Å². The van der Waals surface area contributed by atoms with Gasteiger partial charge in [-0.05, 0) is 31.0 Å². The van der Waals surface area contributed by atoms with Crippen LogP contribution in [0.4, 0.5) is 5.88 Å². The number of ether oxygens (including phenoxy) is 1. The zero-order chi connectivity index (χ0) is 17.0. The Hall–Kier alpha value is -2.83. The molecule has 0 bridgehead atoms. The predicted molar refractivity (Wildman–Crippen MR) is 83.6 cm³/mol. The third-order valence-electron chi connectivity index (χ3n) is 3.67. The van der Waals surface area contributed by atoms with E-state index in [1.54, 1.807) is 14.2 Å². The minimum Gasteiger partial charge on any atom is -0.496 e. The van der Waals surface area contributed by atoms with Crippen molar-refractivity contribution in [1.29, 1.82) is 0 Å². The van der Waals surface area contributed by atoms with Gasteiger partial charge in [0.05, 0.1) is 13.2 Å². The molecule has 0 aliphatic rings. The van der Waals surface area contributed by atoms with Crippen LogP contribution in [0.25, 0.3) is 0 Å². The van der Waals surface area contributed by atoms with E-state index in [1.165, 1.54) is 17.0 Å². The highest BCUT2D eigenvalue weighted by Crippen LogP contribution is 2.22. The molecule has 0 N–H and O–H groups in total.